The third-order valence-corrected chi connectivity index (χ3v) is 7.99. The van der Waals surface area contributed by atoms with E-state index in [0.29, 0.717) is 0 Å². The van der Waals surface area contributed by atoms with Gasteiger partial charge in [0.25, 0.3) is 30.4 Å². The normalized spacial score (nSPS) is 13.0. The molecule has 0 heterocycles. The van der Waals surface area contributed by atoms with Gasteiger partial charge >= 0.3 is 0 Å². The van der Waals surface area contributed by atoms with E-state index in [0.717, 1.165) is 24.3 Å². The van der Waals surface area contributed by atoms with Crippen LogP contribution >= 0.6 is 0 Å². The summed E-state index contributed by atoms with van der Waals surface area (Å²) >= 11 is 0. The minimum atomic E-state index is -5.02. The molecule has 208 valence electrons. The Morgan fingerprint density at radius 2 is 1.02 bits per heavy atom. The minimum absolute atomic E-state index is 0.00260. The zero-order valence-corrected chi connectivity index (χ0v) is 22.1. The molecule has 0 atom stereocenters. The van der Waals surface area contributed by atoms with Gasteiger partial charge in [-0.1, -0.05) is 30.3 Å². The van der Waals surface area contributed by atoms with Crippen LogP contribution in [0.25, 0.3) is 10.8 Å². The van der Waals surface area contributed by atoms with E-state index in [1.54, 1.807) is 0 Å². The fourth-order valence-corrected chi connectivity index (χ4v) is 5.47. The first kappa shape index (κ1) is 28.7. The largest absolute Gasteiger partial charge is 0.505 e. The van der Waals surface area contributed by atoms with E-state index in [9.17, 15) is 44.0 Å². The van der Waals surface area contributed by atoms with Crippen molar-refractivity contribution >= 4 is 69.6 Å². The maximum Gasteiger partial charge on any atom is 0.296 e. The molecule has 0 aliphatic heterocycles. The lowest BCUT2D eigenvalue weighted by atomic mass is 10.1. The Balaban J connectivity index is 1.92. The van der Waals surface area contributed by atoms with Crippen LogP contribution in [0.5, 0.6) is 5.75 Å². The van der Waals surface area contributed by atoms with Crippen molar-refractivity contribution in [3.05, 3.63) is 66.7 Å². The molecule has 18 heteroatoms. The highest BCUT2D eigenvalue weighted by atomic mass is 32.2. The van der Waals surface area contributed by atoms with Crippen molar-refractivity contribution in [3.63, 3.8) is 0 Å². The molecule has 0 aliphatic carbocycles. The lowest BCUT2D eigenvalue weighted by Gasteiger charge is -2.12. The molecule has 0 aliphatic rings. The van der Waals surface area contributed by atoms with Crippen molar-refractivity contribution in [1.82, 2.24) is 0 Å². The predicted octanol–water partition coefficient (Wildman–Crippen LogP) is 4.70. The van der Waals surface area contributed by atoms with Gasteiger partial charge in [0.1, 0.15) is 37.4 Å². The standard InChI is InChI=1S/C22H17N5O10S3/c23-20-15(26-24-13-5-1-3-7-16(13)38(29,30)31)10-9-12-11-18(40(35,36)37)21(22(28)19(12)20)27-25-14-6-2-4-8-17(14)39(32,33)34/h1-11,28H,23H2,(H,29,30,31)(H,32,33,34)(H,35,36,37). The summed E-state index contributed by atoms with van der Waals surface area (Å²) < 4.78 is 99.2. The summed E-state index contributed by atoms with van der Waals surface area (Å²) in [7, 11) is -14.4. The number of nitrogens with two attached hydrogens (primary N) is 1. The monoisotopic (exact) mass is 607 g/mol. The van der Waals surface area contributed by atoms with Crippen LogP contribution in [0.15, 0.2) is 102 Å². The minimum Gasteiger partial charge on any atom is -0.505 e. The number of nitrogens with zero attached hydrogens (tertiary/aromatic N) is 4. The van der Waals surface area contributed by atoms with Crippen molar-refractivity contribution in [2.75, 3.05) is 5.73 Å². The average Bonchev–Trinajstić information content (AvgIpc) is 2.86. The second-order valence-corrected chi connectivity index (χ2v) is 12.1. The summed E-state index contributed by atoms with van der Waals surface area (Å²) in [6, 6.07) is 13.3. The van der Waals surface area contributed by atoms with Crippen molar-refractivity contribution in [2.24, 2.45) is 20.5 Å². The fraction of sp³-hybridized carbons (Fsp3) is 0. The van der Waals surface area contributed by atoms with Gasteiger partial charge in [0, 0.05) is 0 Å². The Kier molecular flexibility index (Phi) is 7.41. The Labute approximate surface area is 226 Å². The Bertz CT molecular complexity index is 2060. The van der Waals surface area contributed by atoms with Crippen LogP contribution < -0.4 is 5.73 Å². The number of aromatic hydroxyl groups is 1. The smallest absolute Gasteiger partial charge is 0.296 e. The number of anilines is 1. The summed E-state index contributed by atoms with van der Waals surface area (Å²) in [5.74, 6) is -0.897. The van der Waals surface area contributed by atoms with Crippen molar-refractivity contribution in [1.29, 1.82) is 0 Å². The average molecular weight is 608 g/mol. The van der Waals surface area contributed by atoms with Gasteiger partial charge in [-0.25, -0.2) is 0 Å². The summed E-state index contributed by atoms with van der Waals surface area (Å²) in [5, 5.41) is 25.7. The number of nitrogen functional groups attached to an aromatic ring is 1. The summed E-state index contributed by atoms with van der Waals surface area (Å²) in [6.45, 7) is 0. The Morgan fingerprint density at radius 3 is 1.52 bits per heavy atom. The summed E-state index contributed by atoms with van der Waals surface area (Å²) in [6.07, 6.45) is 0. The number of phenols is 1. The van der Waals surface area contributed by atoms with Gasteiger partial charge in [0.15, 0.2) is 5.75 Å². The van der Waals surface area contributed by atoms with E-state index in [-0.39, 0.29) is 27.8 Å². The highest BCUT2D eigenvalue weighted by molar-refractivity contribution is 7.86. The quantitative estimate of drug-likeness (QED) is 0.109. The number of phenolic OH excluding ortho intramolecular Hbond substituents is 1. The van der Waals surface area contributed by atoms with Crippen LogP contribution in [0, 0.1) is 0 Å². The molecule has 0 fully saturated rings. The van der Waals surface area contributed by atoms with E-state index < -0.39 is 62.2 Å². The highest BCUT2D eigenvalue weighted by Gasteiger charge is 2.24. The van der Waals surface area contributed by atoms with Crippen molar-refractivity contribution < 1.29 is 44.0 Å². The van der Waals surface area contributed by atoms with Crippen LogP contribution in [0.2, 0.25) is 0 Å². The van der Waals surface area contributed by atoms with Gasteiger partial charge in [-0.05, 0) is 41.8 Å². The number of rotatable bonds is 7. The Hall–Kier alpha value is -4.33. The molecular formula is C22H17N5O10S3. The Morgan fingerprint density at radius 1 is 0.575 bits per heavy atom. The molecule has 0 amide bonds. The lowest BCUT2D eigenvalue weighted by Crippen LogP contribution is -2.00. The molecule has 4 aromatic rings. The summed E-state index contributed by atoms with van der Waals surface area (Å²) in [5.41, 5.74) is 4.28. The number of benzene rings is 4. The summed E-state index contributed by atoms with van der Waals surface area (Å²) in [4.78, 5) is -2.10. The topological polar surface area (TPSA) is 259 Å². The van der Waals surface area contributed by atoms with Gasteiger partial charge in [-0.2, -0.15) is 25.3 Å². The number of azo groups is 2. The van der Waals surface area contributed by atoms with Gasteiger partial charge in [-0.3, -0.25) is 13.7 Å². The molecular weight excluding hydrogens is 590 g/mol. The van der Waals surface area contributed by atoms with Crippen LogP contribution in [0.1, 0.15) is 0 Å². The van der Waals surface area contributed by atoms with Crippen molar-refractivity contribution in [2.45, 2.75) is 14.7 Å². The zero-order valence-electron chi connectivity index (χ0n) is 19.7. The first-order chi connectivity index (χ1) is 18.6. The predicted molar refractivity (Wildman–Crippen MR) is 141 cm³/mol. The van der Waals surface area contributed by atoms with Crippen LogP contribution in [-0.2, 0) is 30.4 Å². The highest BCUT2D eigenvalue weighted by Crippen LogP contribution is 2.46. The van der Waals surface area contributed by atoms with Crippen LogP contribution in [0.3, 0.4) is 0 Å². The van der Waals surface area contributed by atoms with Gasteiger partial charge in [0.2, 0.25) is 0 Å². The second kappa shape index (κ2) is 10.3. The number of hydrogen-bond acceptors (Lipinski definition) is 12. The maximum atomic E-state index is 12.1. The van der Waals surface area contributed by atoms with Crippen molar-refractivity contribution in [3.8, 4) is 5.75 Å². The van der Waals surface area contributed by atoms with E-state index in [2.05, 4.69) is 20.5 Å². The van der Waals surface area contributed by atoms with Crippen LogP contribution in [0.4, 0.5) is 28.4 Å². The number of hydrogen-bond donors (Lipinski definition) is 5. The van der Waals surface area contributed by atoms with E-state index in [1.165, 1.54) is 42.5 Å². The van der Waals surface area contributed by atoms with Gasteiger partial charge < -0.3 is 10.8 Å². The second-order valence-electron chi connectivity index (χ2n) is 7.93. The molecule has 0 saturated heterocycles. The molecule has 0 radical (unpaired) electrons. The van der Waals surface area contributed by atoms with Gasteiger partial charge in [-0.15, -0.1) is 20.5 Å². The zero-order chi connectivity index (χ0) is 29.5. The van der Waals surface area contributed by atoms with Crippen LogP contribution in [-0.4, -0.2) is 44.0 Å². The fourth-order valence-electron chi connectivity index (χ4n) is 3.56. The van der Waals surface area contributed by atoms with E-state index in [4.69, 9.17) is 5.73 Å². The molecule has 4 aromatic carbocycles. The van der Waals surface area contributed by atoms with Gasteiger partial charge in [0.05, 0.1) is 11.1 Å². The third kappa shape index (κ3) is 5.81. The molecule has 0 spiro atoms. The molecule has 0 bridgehead atoms. The SMILES string of the molecule is Nc1c(N=Nc2ccccc2S(=O)(=O)O)ccc2cc(S(=O)(=O)O)c(N=Nc3ccccc3S(=O)(=O)O)c(O)c12. The lowest BCUT2D eigenvalue weighted by molar-refractivity contribution is 0.472. The molecule has 0 saturated carbocycles. The first-order valence-electron chi connectivity index (χ1n) is 10.6. The number of fused-ring (bicyclic) bond motifs is 1. The molecule has 0 aromatic heterocycles. The van der Waals surface area contributed by atoms with E-state index >= 15 is 0 Å². The molecule has 4 rings (SSSR count). The van der Waals surface area contributed by atoms with E-state index in [1.807, 2.05) is 0 Å². The first-order valence-corrected chi connectivity index (χ1v) is 14.9. The maximum absolute atomic E-state index is 12.1. The molecule has 40 heavy (non-hydrogen) atoms. The molecule has 6 N–H and O–H groups in total. The molecule has 15 nitrogen and oxygen atoms in total. The third-order valence-electron chi connectivity index (χ3n) is 5.32. The molecule has 0 unspecified atom stereocenters.